The first-order valence-corrected chi connectivity index (χ1v) is 9.29. The van der Waals surface area contributed by atoms with Crippen LogP contribution in [0.3, 0.4) is 0 Å². The molecule has 0 aliphatic heterocycles. The van der Waals surface area contributed by atoms with Crippen LogP contribution in [0.1, 0.15) is 30.6 Å². The fourth-order valence-corrected chi connectivity index (χ4v) is 3.16. The number of nitrogens with zero attached hydrogens (tertiary/aromatic N) is 1. The molecule has 7 nitrogen and oxygen atoms in total. The number of hydrogen-bond acceptors (Lipinski definition) is 5. The highest BCUT2D eigenvalue weighted by Gasteiger charge is 2.20. The Hall–Kier alpha value is -1.64. The minimum atomic E-state index is -3.67. The smallest absolute Gasteiger partial charge is 0.255 e. The average molecular weight is 357 g/mol. The number of carbonyl (C=O) groups excluding carboxylic acids is 1. The Kier molecular flexibility index (Phi) is 7.65. The van der Waals surface area contributed by atoms with Crippen molar-refractivity contribution in [3.05, 3.63) is 23.8 Å². The standard InChI is InChI=1S/C16H27N3O4S/c1-12(2)18-16(20)14-11-13(7-8-15(14)23-5)24(21,22)17-9-6-10-19(3)4/h7-8,11-12,17H,6,9-10H2,1-5H3,(H,18,20). The third-order valence-electron chi connectivity index (χ3n) is 3.22. The summed E-state index contributed by atoms with van der Waals surface area (Å²) in [6.07, 6.45) is 0.697. The normalized spacial score (nSPS) is 11.8. The summed E-state index contributed by atoms with van der Waals surface area (Å²) in [6, 6.07) is 4.19. The lowest BCUT2D eigenvalue weighted by Crippen LogP contribution is -2.31. The summed E-state index contributed by atoms with van der Waals surface area (Å²) in [5.41, 5.74) is 0.197. The molecule has 0 aliphatic carbocycles. The van der Waals surface area contributed by atoms with Gasteiger partial charge < -0.3 is 15.0 Å². The number of methoxy groups -OCH3 is 1. The van der Waals surface area contributed by atoms with Gasteiger partial charge in [0.2, 0.25) is 10.0 Å². The van der Waals surface area contributed by atoms with Crippen LogP contribution < -0.4 is 14.8 Å². The maximum absolute atomic E-state index is 12.4. The molecule has 1 rings (SSSR count). The molecular weight excluding hydrogens is 330 g/mol. The van der Waals surface area contributed by atoms with E-state index < -0.39 is 10.0 Å². The molecule has 0 aromatic heterocycles. The average Bonchev–Trinajstić information content (AvgIpc) is 2.50. The zero-order valence-electron chi connectivity index (χ0n) is 14.9. The zero-order chi connectivity index (χ0) is 18.3. The molecule has 136 valence electrons. The van der Waals surface area contributed by atoms with Crippen molar-refractivity contribution in [3.8, 4) is 5.75 Å². The highest BCUT2D eigenvalue weighted by atomic mass is 32.2. The van der Waals surface area contributed by atoms with Crippen molar-refractivity contribution in [2.75, 3.05) is 34.3 Å². The first-order valence-electron chi connectivity index (χ1n) is 7.80. The van der Waals surface area contributed by atoms with Gasteiger partial charge in [-0.2, -0.15) is 0 Å². The van der Waals surface area contributed by atoms with Crippen LogP contribution in [0.5, 0.6) is 5.75 Å². The highest BCUT2D eigenvalue weighted by Crippen LogP contribution is 2.22. The van der Waals surface area contributed by atoms with Crippen molar-refractivity contribution in [1.29, 1.82) is 0 Å². The lowest BCUT2D eigenvalue weighted by atomic mass is 10.2. The first-order chi connectivity index (χ1) is 11.2. The quantitative estimate of drug-likeness (QED) is 0.646. The second kappa shape index (κ2) is 9.00. The van der Waals surface area contributed by atoms with Gasteiger partial charge in [-0.15, -0.1) is 0 Å². The van der Waals surface area contributed by atoms with Gasteiger partial charge in [0, 0.05) is 12.6 Å². The van der Waals surface area contributed by atoms with E-state index in [1.807, 2.05) is 32.8 Å². The largest absolute Gasteiger partial charge is 0.496 e. The van der Waals surface area contributed by atoms with E-state index >= 15 is 0 Å². The second-order valence-electron chi connectivity index (χ2n) is 6.04. The molecule has 0 saturated carbocycles. The molecule has 1 aromatic rings. The summed E-state index contributed by atoms with van der Waals surface area (Å²) >= 11 is 0. The fourth-order valence-electron chi connectivity index (χ4n) is 2.06. The Morgan fingerprint density at radius 2 is 1.96 bits per heavy atom. The summed E-state index contributed by atoms with van der Waals surface area (Å²) in [7, 11) is 1.62. The number of sulfonamides is 1. The number of ether oxygens (including phenoxy) is 1. The molecule has 1 amide bonds. The van der Waals surface area contributed by atoms with Crippen molar-refractivity contribution >= 4 is 15.9 Å². The Bertz CT molecular complexity index is 657. The molecule has 0 bridgehead atoms. The third-order valence-corrected chi connectivity index (χ3v) is 4.68. The zero-order valence-corrected chi connectivity index (χ0v) is 15.7. The lowest BCUT2D eigenvalue weighted by molar-refractivity contribution is 0.0940. The first kappa shape index (κ1) is 20.4. The Morgan fingerprint density at radius 1 is 1.29 bits per heavy atom. The molecule has 2 N–H and O–H groups in total. The number of carbonyl (C=O) groups is 1. The molecule has 0 saturated heterocycles. The van der Waals surface area contributed by atoms with Gasteiger partial charge in [-0.05, 0) is 59.1 Å². The molecule has 0 radical (unpaired) electrons. The molecule has 8 heteroatoms. The second-order valence-corrected chi connectivity index (χ2v) is 7.81. The van der Waals surface area contributed by atoms with Crippen LogP contribution in [0.2, 0.25) is 0 Å². The molecule has 0 heterocycles. The minimum Gasteiger partial charge on any atom is -0.496 e. The summed E-state index contributed by atoms with van der Waals surface area (Å²) in [5, 5.41) is 2.74. The van der Waals surface area contributed by atoms with E-state index in [-0.39, 0.29) is 22.4 Å². The van der Waals surface area contributed by atoms with E-state index in [2.05, 4.69) is 10.0 Å². The molecule has 0 aliphatic rings. The van der Waals surface area contributed by atoms with E-state index in [0.717, 1.165) is 6.54 Å². The number of hydrogen-bond donors (Lipinski definition) is 2. The van der Waals surface area contributed by atoms with Crippen molar-refractivity contribution < 1.29 is 17.9 Å². The Morgan fingerprint density at radius 3 is 2.50 bits per heavy atom. The summed E-state index contributed by atoms with van der Waals surface area (Å²) in [6.45, 7) is 4.78. The van der Waals surface area contributed by atoms with Crippen LogP contribution in [-0.4, -0.2) is 59.6 Å². The number of rotatable bonds is 9. The van der Waals surface area contributed by atoms with Crippen LogP contribution in [0.25, 0.3) is 0 Å². The van der Waals surface area contributed by atoms with Crippen LogP contribution in [0, 0.1) is 0 Å². The van der Waals surface area contributed by atoms with Gasteiger partial charge in [0.05, 0.1) is 17.6 Å². The van der Waals surface area contributed by atoms with Crippen LogP contribution in [-0.2, 0) is 10.0 Å². The summed E-state index contributed by atoms with van der Waals surface area (Å²) in [4.78, 5) is 14.3. The molecule has 0 atom stereocenters. The maximum atomic E-state index is 12.4. The number of benzene rings is 1. The lowest BCUT2D eigenvalue weighted by Gasteiger charge is -2.14. The Balaban J connectivity index is 2.97. The monoisotopic (exact) mass is 357 g/mol. The van der Waals surface area contributed by atoms with Gasteiger partial charge >= 0.3 is 0 Å². The van der Waals surface area contributed by atoms with E-state index in [4.69, 9.17) is 4.74 Å². The molecule has 1 aromatic carbocycles. The van der Waals surface area contributed by atoms with E-state index in [9.17, 15) is 13.2 Å². The number of nitrogens with one attached hydrogen (secondary N) is 2. The van der Waals surface area contributed by atoms with E-state index in [1.54, 1.807) is 0 Å². The molecule has 24 heavy (non-hydrogen) atoms. The Labute approximate surface area is 144 Å². The molecule has 0 fully saturated rings. The van der Waals surface area contributed by atoms with Gasteiger partial charge in [0.15, 0.2) is 0 Å². The third kappa shape index (κ3) is 6.10. The van der Waals surface area contributed by atoms with Crippen molar-refractivity contribution in [2.45, 2.75) is 31.2 Å². The van der Waals surface area contributed by atoms with E-state index in [0.29, 0.717) is 18.7 Å². The predicted molar refractivity (Wildman–Crippen MR) is 94.0 cm³/mol. The van der Waals surface area contributed by atoms with Crippen molar-refractivity contribution in [2.24, 2.45) is 0 Å². The van der Waals surface area contributed by atoms with E-state index in [1.165, 1.54) is 25.3 Å². The highest BCUT2D eigenvalue weighted by molar-refractivity contribution is 7.89. The summed E-state index contributed by atoms with van der Waals surface area (Å²) in [5.74, 6) is -0.0359. The van der Waals surface area contributed by atoms with Gasteiger partial charge in [-0.3, -0.25) is 4.79 Å². The van der Waals surface area contributed by atoms with Crippen molar-refractivity contribution in [3.63, 3.8) is 0 Å². The van der Waals surface area contributed by atoms with Crippen LogP contribution >= 0.6 is 0 Å². The van der Waals surface area contributed by atoms with Gasteiger partial charge in [-0.25, -0.2) is 13.1 Å². The van der Waals surface area contributed by atoms with Gasteiger partial charge in [0.25, 0.3) is 5.91 Å². The molecule has 0 unspecified atom stereocenters. The predicted octanol–water partition coefficient (Wildman–Crippen LogP) is 1.06. The summed E-state index contributed by atoms with van der Waals surface area (Å²) < 4.78 is 32.5. The molecular formula is C16H27N3O4S. The minimum absolute atomic E-state index is 0.0436. The topological polar surface area (TPSA) is 87.7 Å². The number of amides is 1. The maximum Gasteiger partial charge on any atom is 0.255 e. The molecule has 0 spiro atoms. The van der Waals surface area contributed by atoms with Crippen LogP contribution in [0.15, 0.2) is 23.1 Å². The SMILES string of the molecule is COc1ccc(S(=O)(=O)NCCCN(C)C)cc1C(=O)NC(C)C. The van der Waals surface area contributed by atoms with Crippen molar-refractivity contribution in [1.82, 2.24) is 14.9 Å². The van der Waals surface area contributed by atoms with Gasteiger partial charge in [-0.1, -0.05) is 0 Å². The van der Waals surface area contributed by atoms with Gasteiger partial charge in [0.1, 0.15) is 5.75 Å². The fraction of sp³-hybridized carbons (Fsp3) is 0.562. The van der Waals surface area contributed by atoms with Crippen LogP contribution in [0.4, 0.5) is 0 Å².